The highest BCUT2D eigenvalue weighted by molar-refractivity contribution is 5.94. The van der Waals surface area contributed by atoms with Gasteiger partial charge in [0.25, 0.3) is 5.91 Å². The van der Waals surface area contributed by atoms with Gasteiger partial charge in [0.15, 0.2) is 5.82 Å². The minimum atomic E-state index is -0.888. The highest BCUT2D eigenvalue weighted by atomic mass is 19.1. The molecule has 0 fully saturated rings. The molecule has 1 amide bonds. The van der Waals surface area contributed by atoms with Crippen LogP contribution in [-0.2, 0) is 12.8 Å². The number of amides is 1. The Hall–Kier alpha value is -3.09. The molecule has 0 spiro atoms. The van der Waals surface area contributed by atoms with E-state index in [4.69, 9.17) is 0 Å². The first-order chi connectivity index (χ1) is 12.5. The number of nitrogens with zero attached hydrogens (tertiary/aromatic N) is 2. The first kappa shape index (κ1) is 17.7. The van der Waals surface area contributed by atoms with Crippen molar-refractivity contribution >= 4 is 5.91 Å². The molecule has 0 bridgehead atoms. The van der Waals surface area contributed by atoms with Crippen molar-refractivity contribution in [3.63, 3.8) is 0 Å². The molecule has 0 unspecified atom stereocenters. The zero-order chi connectivity index (χ0) is 18.5. The van der Waals surface area contributed by atoms with Gasteiger partial charge in [0, 0.05) is 19.4 Å². The molecule has 134 valence electrons. The van der Waals surface area contributed by atoms with E-state index in [1.807, 2.05) is 31.2 Å². The van der Waals surface area contributed by atoms with E-state index in [1.54, 1.807) is 0 Å². The molecular weight excluding hydrogens is 338 g/mol. The predicted octanol–water partition coefficient (Wildman–Crippen LogP) is 2.95. The van der Waals surface area contributed by atoms with E-state index in [1.165, 1.54) is 11.6 Å². The van der Waals surface area contributed by atoms with Crippen LogP contribution in [0.3, 0.4) is 0 Å². The number of aryl methyl sites for hydroxylation is 1. The van der Waals surface area contributed by atoms with Gasteiger partial charge in [-0.05, 0) is 24.6 Å². The first-order valence-corrected chi connectivity index (χ1v) is 8.21. The van der Waals surface area contributed by atoms with Gasteiger partial charge in [0.1, 0.15) is 23.0 Å². The topological polar surface area (TPSA) is 70.7 Å². The molecule has 0 radical (unpaired) electrons. The molecule has 5 nitrogen and oxygen atoms in total. The summed E-state index contributed by atoms with van der Waals surface area (Å²) in [6, 6.07) is 11.4. The normalized spacial score (nSPS) is 10.7. The van der Waals surface area contributed by atoms with Gasteiger partial charge in [-0.3, -0.25) is 9.89 Å². The number of carbonyl (C=O) groups is 1. The monoisotopic (exact) mass is 356 g/mol. The zero-order valence-corrected chi connectivity index (χ0v) is 14.2. The summed E-state index contributed by atoms with van der Waals surface area (Å²) < 4.78 is 27.1. The van der Waals surface area contributed by atoms with Crippen LogP contribution in [0.15, 0.2) is 42.5 Å². The standard InChI is InChI=1S/C19H18F2N4O/c1-12-5-7-13(8-6-12)11-17-23-16(24-25-17)9-10-22-19(26)18-14(20)3-2-4-15(18)21/h2-8H,9-11H2,1H3,(H,22,26)(H,23,24,25). The van der Waals surface area contributed by atoms with Gasteiger partial charge in [-0.25, -0.2) is 13.8 Å². The van der Waals surface area contributed by atoms with Gasteiger partial charge in [0.2, 0.25) is 0 Å². The second-order valence-corrected chi connectivity index (χ2v) is 5.96. The third kappa shape index (κ3) is 4.30. The summed E-state index contributed by atoms with van der Waals surface area (Å²) in [5.74, 6) is -1.32. The summed E-state index contributed by atoms with van der Waals surface area (Å²) >= 11 is 0. The fourth-order valence-electron chi connectivity index (χ4n) is 2.52. The lowest BCUT2D eigenvalue weighted by atomic mass is 10.1. The van der Waals surface area contributed by atoms with Crippen molar-refractivity contribution in [2.45, 2.75) is 19.8 Å². The molecule has 2 N–H and O–H groups in total. The maximum Gasteiger partial charge on any atom is 0.257 e. The molecule has 0 aliphatic rings. The van der Waals surface area contributed by atoms with Crippen LogP contribution in [0, 0.1) is 18.6 Å². The minimum absolute atomic E-state index is 0.175. The molecule has 0 aliphatic heterocycles. The second-order valence-electron chi connectivity index (χ2n) is 5.96. The molecule has 3 aromatic rings. The van der Waals surface area contributed by atoms with E-state index in [9.17, 15) is 13.6 Å². The van der Waals surface area contributed by atoms with Crippen LogP contribution in [-0.4, -0.2) is 27.6 Å². The van der Waals surface area contributed by atoms with Gasteiger partial charge in [0.05, 0.1) is 0 Å². The number of H-pyrrole nitrogens is 1. The number of hydrogen-bond donors (Lipinski definition) is 2. The molecule has 0 aliphatic carbocycles. The van der Waals surface area contributed by atoms with Crippen molar-refractivity contribution in [3.8, 4) is 0 Å². The number of nitrogens with one attached hydrogen (secondary N) is 2. The largest absolute Gasteiger partial charge is 0.351 e. The summed E-state index contributed by atoms with van der Waals surface area (Å²) in [6.45, 7) is 2.20. The Balaban J connectivity index is 1.53. The fraction of sp³-hybridized carbons (Fsp3) is 0.211. The number of benzene rings is 2. The summed E-state index contributed by atoms with van der Waals surface area (Å²) in [5.41, 5.74) is 1.72. The van der Waals surface area contributed by atoms with Crippen LogP contribution in [0.4, 0.5) is 8.78 Å². The van der Waals surface area contributed by atoms with E-state index in [0.29, 0.717) is 18.7 Å². The number of halogens is 2. The van der Waals surface area contributed by atoms with Crippen molar-refractivity contribution in [1.82, 2.24) is 20.5 Å². The molecule has 3 rings (SSSR count). The van der Waals surface area contributed by atoms with E-state index >= 15 is 0 Å². The Morgan fingerprint density at radius 3 is 2.50 bits per heavy atom. The van der Waals surface area contributed by atoms with Crippen LogP contribution in [0.1, 0.15) is 33.1 Å². The molecule has 7 heteroatoms. The lowest BCUT2D eigenvalue weighted by molar-refractivity contribution is 0.0945. The second kappa shape index (κ2) is 7.86. The molecule has 0 atom stereocenters. The third-order valence-electron chi connectivity index (χ3n) is 3.89. The summed E-state index contributed by atoms with van der Waals surface area (Å²) in [6.07, 6.45) is 0.978. The smallest absolute Gasteiger partial charge is 0.257 e. The van der Waals surface area contributed by atoms with Crippen LogP contribution >= 0.6 is 0 Å². The molecule has 26 heavy (non-hydrogen) atoms. The predicted molar refractivity (Wildman–Crippen MR) is 92.8 cm³/mol. The SMILES string of the molecule is Cc1ccc(Cc2nc(CCNC(=O)c3c(F)cccc3F)n[nH]2)cc1. The van der Waals surface area contributed by atoms with Gasteiger partial charge in [-0.1, -0.05) is 35.9 Å². The van der Waals surface area contributed by atoms with E-state index in [2.05, 4.69) is 20.5 Å². The quantitative estimate of drug-likeness (QED) is 0.713. The van der Waals surface area contributed by atoms with Crippen LogP contribution in [0.25, 0.3) is 0 Å². The number of carbonyl (C=O) groups excluding carboxylic acids is 1. The van der Waals surface area contributed by atoms with E-state index in [0.717, 1.165) is 23.5 Å². The molecule has 0 saturated heterocycles. The number of aromatic amines is 1. The lowest BCUT2D eigenvalue weighted by Crippen LogP contribution is -2.27. The lowest BCUT2D eigenvalue weighted by Gasteiger charge is -2.05. The highest BCUT2D eigenvalue weighted by Crippen LogP contribution is 2.12. The average molecular weight is 356 g/mol. The Kier molecular flexibility index (Phi) is 5.36. The van der Waals surface area contributed by atoms with Crippen molar-refractivity contribution in [2.24, 2.45) is 0 Å². The van der Waals surface area contributed by atoms with Gasteiger partial charge in [-0.15, -0.1) is 0 Å². The number of aromatic nitrogens is 3. The zero-order valence-electron chi connectivity index (χ0n) is 14.2. The third-order valence-corrected chi connectivity index (χ3v) is 3.89. The number of rotatable bonds is 6. The summed E-state index contributed by atoms with van der Waals surface area (Å²) in [5, 5.41) is 9.44. The summed E-state index contributed by atoms with van der Waals surface area (Å²) in [4.78, 5) is 16.3. The Morgan fingerprint density at radius 2 is 1.81 bits per heavy atom. The van der Waals surface area contributed by atoms with Crippen molar-refractivity contribution in [1.29, 1.82) is 0 Å². The van der Waals surface area contributed by atoms with Crippen molar-refractivity contribution < 1.29 is 13.6 Å². The molecular formula is C19H18F2N4O. The average Bonchev–Trinajstić information content (AvgIpc) is 3.04. The van der Waals surface area contributed by atoms with E-state index < -0.39 is 23.1 Å². The minimum Gasteiger partial charge on any atom is -0.351 e. The maximum absolute atomic E-state index is 13.6. The Labute approximate surface area is 149 Å². The molecule has 1 heterocycles. The van der Waals surface area contributed by atoms with Crippen molar-refractivity contribution in [2.75, 3.05) is 6.54 Å². The van der Waals surface area contributed by atoms with E-state index in [-0.39, 0.29) is 6.54 Å². The molecule has 0 saturated carbocycles. The highest BCUT2D eigenvalue weighted by Gasteiger charge is 2.16. The van der Waals surface area contributed by atoms with Crippen molar-refractivity contribution in [3.05, 3.63) is 82.4 Å². The Morgan fingerprint density at radius 1 is 1.12 bits per heavy atom. The summed E-state index contributed by atoms with van der Waals surface area (Å²) in [7, 11) is 0. The number of hydrogen-bond acceptors (Lipinski definition) is 3. The van der Waals surface area contributed by atoms with Crippen LogP contribution in [0.2, 0.25) is 0 Å². The van der Waals surface area contributed by atoms with Gasteiger partial charge in [-0.2, -0.15) is 5.10 Å². The first-order valence-electron chi connectivity index (χ1n) is 8.21. The van der Waals surface area contributed by atoms with Crippen LogP contribution in [0.5, 0.6) is 0 Å². The van der Waals surface area contributed by atoms with Gasteiger partial charge >= 0.3 is 0 Å². The maximum atomic E-state index is 13.6. The molecule has 1 aromatic heterocycles. The van der Waals surface area contributed by atoms with Crippen LogP contribution < -0.4 is 5.32 Å². The Bertz CT molecular complexity index is 886. The fourth-order valence-corrected chi connectivity index (χ4v) is 2.52. The van der Waals surface area contributed by atoms with Gasteiger partial charge < -0.3 is 5.32 Å². The molecule has 2 aromatic carbocycles.